The van der Waals surface area contributed by atoms with Crippen molar-refractivity contribution >= 4 is 11.8 Å². The van der Waals surface area contributed by atoms with E-state index in [9.17, 15) is 9.59 Å². The summed E-state index contributed by atoms with van der Waals surface area (Å²) >= 11 is 0. The van der Waals surface area contributed by atoms with Crippen LogP contribution in [-0.2, 0) is 44.5 Å². The van der Waals surface area contributed by atoms with E-state index in [0.29, 0.717) is 109 Å². The zero-order valence-corrected chi connectivity index (χ0v) is 27.1. The number of carbonyl (C=O) groups excluding carboxylic acids is 2. The van der Waals surface area contributed by atoms with Gasteiger partial charge in [-0.2, -0.15) is 0 Å². The average molecular weight is 651 g/mol. The van der Waals surface area contributed by atoms with Crippen molar-refractivity contribution in [2.75, 3.05) is 120 Å². The van der Waals surface area contributed by atoms with Gasteiger partial charge in [0.1, 0.15) is 12.4 Å². The maximum Gasteiger partial charge on any atom is 0.251 e. The van der Waals surface area contributed by atoms with Crippen LogP contribution in [0.4, 0.5) is 0 Å². The first-order valence-electron chi connectivity index (χ1n) is 15.5. The molecule has 258 valence electrons. The number of ether oxygens (including phenoxy) is 9. The third-order valence-electron chi connectivity index (χ3n) is 6.09. The van der Waals surface area contributed by atoms with Crippen molar-refractivity contribution in [3.8, 4) is 5.75 Å². The number of amides is 2. The van der Waals surface area contributed by atoms with E-state index in [2.05, 4.69) is 10.6 Å². The van der Waals surface area contributed by atoms with Gasteiger partial charge in [0.25, 0.3) is 11.8 Å². The fraction of sp³-hybridized carbons (Fsp3) is 0.576. The van der Waals surface area contributed by atoms with Gasteiger partial charge < -0.3 is 53.3 Å². The summed E-state index contributed by atoms with van der Waals surface area (Å²) in [6.07, 6.45) is 0. The van der Waals surface area contributed by atoms with Crippen LogP contribution < -0.4 is 15.4 Å². The first-order chi connectivity index (χ1) is 22.6. The second-order valence-corrected chi connectivity index (χ2v) is 9.69. The van der Waals surface area contributed by atoms with E-state index in [-0.39, 0.29) is 31.5 Å². The number of rotatable bonds is 29. The first-order valence-corrected chi connectivity index (χ1v) is 15.5. The zero-order valence-electron chi connectivity index (χ0n) is 27.1. The topological polar surface area (TPSA) is 141 Å². The van der Waals surface area contributed by atoms with E-state index in [1.54, 1.807) is 26.4 Å². The summed E-state index contributed by atoms with van der Waals surface area (Å²) in [5.41, 5.74) is 1.56. The Morgan fingerprint density at radius 3 is 1.33 bits per heavy atom. The van der Waals surface area contributed by atoms with Crippen LogP contribution >= 0.6 is 0 Å². The molecule has 2 aromatic carbocycles. The lowest BCUT2D eigenvalue weighted by Gasteiger charge is -2.13. The summed E-state index contributed by atoms with van der Waals surface area (Å²) in [7, 11) is 3.25. The van der Waals surface area contributed by atoms with Crippen LogP contribution in [-0.4, -0.2) is 132 Å². The number of methoxy groups -OCH3 is 2. The molecule has 0 spiro atoms. The van der Waals surface area contributed by atoms with Gasteiger partial charge in [0, 0.05) is 38.4 Å². The molecule has 0 aromatic heterocycles. The van der Waals surface area contributed by atoms with Gasteiger partial charge in [-0.1, -0.05) is 30.3 Å². The van der Waals surface area contributed by atoms with Gasteiger partial charge in [0.2, 0.25) is 0 Å². The van der Waals surface area contributed by atoms with Gasteiger partial charge in [0.05, 0.1) is 92.5 Å². The fourth-order valence-corrected chi connectivity index (χ4v) is 3.73. The highest BCUT2D eigenvalue weighted by Gasteiger charge is 2.14. The van der Waals surface area contributed by atoms with Crippen molar-refractivity contribution in [3.05, 3.63) is 65.2 Å². The molecule has 0 saturated heterocycles. The molecule has 0 aliphatic heterocycles. The minimum Gasteiger partial charge on any atom is -0.489 e. The van der Waals surface area contributed by atoms with Gasteiger partial charge in [-0.3, -0.25) is 9.59 Å². The molecule has 13 nitrogen and oxygen atoms in total. The third kappa shape index (κ3) is 19.4. The Balaban J connectivity index is 1.75. The lowest BCUT2D eigenvalue weighted by Crippen LogP contribution is -2.29. The maximum atomic E-state index is 13.0. The molecule has 2 amide bonds. The molecule has 2 rings (SSSR count). The standard InChI is InChI=1S/C33H50N2O11/c1-38-12-14-42-20-22-44-18-16-40-10-8-34-32(36)29-24-30(26-31(25-29)46-27-28-6-4-3-5-7-28)33(37)35-9-11-41-17-19-45-23-21-43-15-13-39-2/h3-7,24-26H,8-23,27H2,1-2H3,(H,34,36)(H,35,37). The molecule has 46 heavy (non-hydrogen) atoms. The Morgan fingerprint density at radius 2 is 0.913 bits per heavy atom. The summed E-state index contributed by atoms with van der Waals surface area (Å²) in [6, 6.07) is 14.4. The Bertz CT molecular complexity index is 1000. The van der Waals surface area contributed by atoms with Crippen molar-refractivity contribution in [1.82, 2.24) is 10.6 Å². The Morgan fingerprint density at radius 1 is 0.522 bits per heavy atom. The Hall–Kier alpha value is -3.14. The number of hydrogen-bond donors (Lipinski definition) is 2. The molecule has 0 saturated carbocycles. The summed E-state index contributed by atoms with van der Waals surface area (Å²) in [5.74, 6) is -0.291. The summed E-state index contributed by atoms with van der Waals surface area (Å²) in [6.45, 7) is 7.19. The molecule has 2 N–H and O–H groups in total. The van der Waals surface area contributed by atoms with Crippen LogP contribution in [0, 0.1) is 0 Å². The molecule has 0 aliphatic rings. The Kier molecular flexibility index (Phi) is 22.9. The van der Waals surface area contributed by atoms with Crippen LogP contribution in [0.1, 0.15) is 26.3 Å². The van der Waals surface area contributed by atoms with Crippen LogP contribution in [0.5, 0.6) is 5.75 Å². The van der Waals surface area contributed by atoms with Crippen molar-refractivity contribution in [3.63, 3.8) is 0 Å². The normalized spacial score (nSPS) is 11.0. The monoisotopic (exact) mass is 650 g/mol. The van der Waals surface area contributed by atoms with E-state index in [0.717, 1.165) is 5.56 Å². The lowest BCUT2D eigenvalue weighted by atomic mass is 10.1. The number of hydrogen-bond acceptors (Lipinski definition) is 11. The molecule has 13 heteroatoms. The molecule has 0 atom stereocenters. The zero-order chi connectivity index (χ0) is 32.9. The molecular formula is C33H50N2O11. The molecule has 0 unspecified atom stereocenters. The SMILES string of the molecule is COCCOCCOCCOCCNC(=O)c1cc(OCc2ccccc2)cc(C(=O)NCCOCCOCCOCCOC)c1. The van der Waals surface area contributed by atoms with Crippen LogP contribution in [0.3, 0.4) is 0 Å². The second-order valence-electron chi connectivity index (χ2n) is 9.69. The average Bonchev–Trinajstić information content (AvgIpc) is 3.08. The van der Waals surface area contributed by atoms with Gasteiger partial charge >= 0.3 is 0 Å². The van der Waals surface area contributed by atoms with Crippen molar-refractivity contribution in [2.24, 2.45) is 0 Å². The van der Waals surface area contributed by atoms with Gasteiger partial charge in [0.15, 0.2) is 0 Å². The molecule has 0 heterocycles. The molecule has 0 radical (unpaired) electrons. The van der Waals surface area contributed by atoms with E-state index < -0.39 is 0 Å². The summed E-state index contributed by atoms with van der Waals surface area (Å²) in [5, 5.41) is 5.64. The smallest absolute Gasteiger partial charge is 0.251 e. The van der Waals surface area contributed by atoms with Crippen LogP contribution in [0.25, 0.3) is 0 Å². The highest BCUT2D eigenvalue weighted by Crippen LogP contribution is 2.19. The van der Waals surface area contributed by atoms with Crippen molar-refractivity contribution in [1.29, 1.82) is 0 Å². The highest BCUT2D eigenvalue weighted by atomic mass is 16.6. The Labute approximate surface area is 272 Å². The molecule has 0 aliphatic carbocycles. The van der Waals surface area contributed by atoms with Crippen LogP contribution in [0.2, 0.25) is 0 Å². The number of nitrogens with one attached hydrogen (secondary N) is 2. The minimum atomic E-state index is -0.348. The fourth-order valence-electron chi connectivity index (χ4n) is 3.73. The molecule has 0 fully saturated rings. The second kappa shape index (κ2) is 27.0. The number of carbonyl (C=O) groups is 2. The predicted molar refractivity (Wildman–Crippen MR) is 171 cm³/mol. The molecular weight excluding hydrogens is 600 g/mol. The van der Waals surface area contributed by atoms with Crippen molar-refractivity contribution in [2.45, 2.75) is 6.61 Å². The third-order valence-corrected chi connectivity index (χ3v) is 6.09. The van der Waals surface area contributed by atoms with Gasteiger partial charge in [-0.25, -0.2) is 0 Å². The van der Waals surface area contributed by atoms with Crippen LogP contribution in [0.15, 0.2) is 48.5 Å². The molecule has 0 bridgehead atoms. The predicted octanol–water partition coefficient (Wildman–Crippen LogP) is 2.12. The summed E-state index contributed by atoms with van der Waals surface area (Å²) in [4.78, 5) is 25.9. The first kappa shape index (κ1) is 39.0. The number of benzene rings is 2. The lowest BCUT2D eigenvalue weighted by molar-refractivity contribution is 0.00414. The van der Waals surface area contributed by atoms with E-state index >= 15 is 0 Å². The molecule has 2 aromatic rings. The van der Waals surface area contributed by atoms with E-state index in [1.165, 1.54) is 6.07 Å². The van der Waals surface area contributed by atoms with Crippen molar-refractivity contribution < 1.29 is 52.2 Å². The largest absolute Gasteiger partial charge is 0.489 e. The summed E-state index contributed by atoms with van der Waals surface area (Å²) < 4.78 is 48.3. The van der Waals surface area contributed by atoms with E-state index in [1.807, 2.05) is 30.3 Å². The maximum absolute atomic E-state index is 13.0. The van der Waals surface area contributed by atoms with E-state index in [4.69, 9.17) is 42.6 Å². The van der Waals surface area contributed by atoms with Gasteiger partial charge in [-0.15, -0.1) is 0 Å². The minimum absolute atomic E-state index is 0.289. The quantitative estimate of drug-likeness (QED) is 0.125. The van der Waals surface area contributed by atoms with Gasteiger partial charge in [-0.05, 0) is 23.8 Å². The highest BCUT2D eigenvalue weighted by molar-refractivity contribution is 6.00.